The van der Waals surface area contributed by atoms with Crippen molar-refractivity contribution in [2.24, 2.45) is 5.92 Å². The second kappa shape index (κ2) is 8.42. The first-order valence-corrected chi connectivity index (χ1v) is 12.7. The van der Waals surface area contributed by atoms with Gasteiger partial charge in [0.2, 0.25) is 5.91 Å². The van der Waals surface area contributed by atoms with Crippen molar-refractivity contribution in [3.05, 3.63) is 93.8 Å². The van der Waals surface area contributed by atoms with Crippen LogP contribution in [0.3, 0.4) is 0 Å². The van der Waals surface area contributed by atoms with Crippen LogP contribution < -0.4 is 10.1 Å². The largest absolute Gasteiger partial charge is 0.497 e. The van der Waals surface area contributed by atoms with E-state index in [9.17, 15) is 19.7 Å². The summed E-state index contributed by atoms with van der Waals surface area (Å²) >= 11 is 1.71. The SMILES string of the molecule is COc1ccc2c(c1)[C@]1(C(=O)N2)[C@@H](C(=O)c2cccnc2)[C@@H](c2ccc([N+](=O)[O-])cc2)[C@@H]2CSCN21. The third-order valence-electron chi connectivity index (χ3n) is 7.55. The molecule has 1 aromatic heterocycles. The average Bonchev–Trinajstić information content (AvgIpc) is 3.57. The summed E-state index contributed by atoms with van der Waals surface area (Å²) in [4.78, 5) is 45.5. The number of benzene rings is 2. The average molecular weight is 503 g/mol. The van der Waals surface area contributed by atoms with Crippen molar-refractivity contribution in [3.8, 4) is 5.75 Å². The summed E-state index contributed by atoms with van der Waals surface area (Å²) in [5.41, 5.74) is 1.31. The number of ketones is 1. The van der Waals surface area contributed by atoms with Crippen LogP contribution in [0.5, 0.6) is 5.75 Å². The molecule has 0 aliphatic carbocycles. The van der Waals surface area contributed by atoms with Gasteiger partial charge in [0.15, 0.2) is 5.78 Å². The zero-order valence-corrected chi connectivity index (χ0v) is 20.1. The number of anilines is 1. The summed E-state index contributed by atoms with van der Waals surface area (Å²) in [5, 5.41) is 14.3. The number of ether oxygens (including phenoxy) is 1. The molecule has 0 bridgehead atoms. The number of aromatic nitrogens is 1. The Hall–Kier alpha value is -3.76. The number of methoxy groups -OCH3 is 1. The number of carbonyl (C=O) groups is 2. The second-order valence-corrected chi connectivity index (χ2v) is 10.1. The van der Waals surface area contributed by atoms with Gasteiger partial charge in [0, 0.05) is 64.9 Å². The van der Waals surface area contributed by atoms with Crippen LogP contribution in [0.25, 0.3) is 0 Å². The van der Waals surface area contributed by atoms with E-state index in [1.807, 2.05) is 12.1 Å². The number of fused-ring (bicyclic) bond motifs is 4. The molecule has 0 unspecified atom stereocenters. The summed E-state index contributed by atoms with van der Waals surface area (Å²) in [5.74, 6) is 0.335. The van der Waals surface area contributed by atoms with Gasteiger partial charge in [-0.05, 0) is 35.9 Å². The highest BCUT2D eigenvalue weighted by Gasteiger charge is 2.69. The Morgan fingerprint density at radius 3 is 2.75 bits per heavy atom. The third kappa shape index (κ3) is 3.11. The fourth-order valence-electron chi connectivity index (χ4n) is 6.06. The maximum Gasteiger partial charge on any atom is 0.269 e. The molecule has 36 heavy (non-hydrogen) atoms. The first-order valence-electron chi connectivity index (χ1n) is 11.5. The van der Waals surface area contributed by atoms with Gasteiger partial charge in [-0.15, -0.1) is 11.8 Å². The Labute approximate surface area is 211 Å². The fourth-order valence-corrected chi connectivity index (χ4v) is 7.39. The highest BCUT2D eigenvalue weighted by molar-refractivity contribution is 7.99. The molecule has 3 aliphatic rings. The highest BCUT2D eigenvalue weighted by atomic mass is 32.2. The molecule has 6 rings (SSSR count). The molecule has 2 fully saturated rings. The van der Waals surface area contributed by atoms with Gasteiger partial charge in [-0.3, -0.25) is 29.6 Å². The lowest BCUT2D eigenvalue weighted by Gasteiger charge is -2.36. The molecular formula is C26H22N4O5S. The van der Waals surface area contributed by atoms with E-state index in [2.05, 4.69) is 15.2 Å². The van der Waals surface area contributed by atoms with E-state index in [4.69, 9.17) is 4.74 Å². The molecule has 4 heterocycles. The number of hydrogen-bond acceptors (Lipinski definition) is 8. The van der Waals surface area contributed by atoms with Crippen molar-refractivity contribution in [3.63, 3.8) is 0 Å². The number of amides is 1. The van der Waals surface area contributed by atoms with Gasteiger partial charge in [0.05, 0.1) is 18.0 Å². The fraction of sp³-hybridized carbons (Fsp3) is 0.269. The minimum absolute atomic E-state index is 0.0204. The van der Waals surface area contributed by atoms with Crippen LogP contribution in [-0.4, -0.2) is 51.3 Å². The second-order valence-electron chi connectivity index (χ2n) is 9.13. The number of rotatable bonds is 5. The molecule has 9 nitrogen and oxygen atoms in total. The molecule has 0 radical (unpaired) electrons. The van der Waals surface area contributed by atoms with E-state index in [0.29, 0.717) is 28.4 Å². The van der Waals surface area contributed by atoms with E-state index in [1.165, 1.54) is 18.3 Å². The van der Waals surface area contributed by atoms with Crippen LogP contribution in [0.2, 0.25) is 0 Å². The molecule has 3 aliphatic heterocycles. The number of Topliss-reactive ketones (excluding diaryl/α,β-unsaturated/α-hetero) is 1. The summed E-state index contributed by atoms with van der Waals surface area (Å²) in [6.45, 7) is 0. The van der Waals surface area contributed by atoms with Crippen LogP contribution in [0.15, 0.2) is 67.0 Å². The summed E-state index contributed by atoms with van der Waals surface area (Å²) in [7, 11) is 1.57. The zero-order chi connectivity index (χ0) is 25.0. The quantitative estimate of drug-likeness (QED) is 0.318. The van der Waals surface area contributed by atoms with Crippen molar-refractivity contribution < 1.29 is 19.2 Å². The minimum atomic E-state index is -1.25. The third-order valence-corrected chi connectivity index (χ3v) is 8.58. The molecule has 1 N–H and O–H groups in total. The summed E-state index contributed by atoms with van der Waals surface area (Å²) < 4.78 is 5.49. The predicted molar refractivity (Wildman–Crippen MR) is 134 cm³/mol. The molecule has 182 valence electrons. The number of nitrogens with one attached hydrogen (secondary N) is 1. The first-order chi connectivity index (χ1) is 17.5. The molecule has 2 saturated heterocycles. The van der Waals surface area contributed by atoms with Gasteiger partial charge in [-0.25, -0.2) is 0 Å². The number of nitro groups is 1. The van der Waals surface area contributed by atoms with Crippen molar-refractivity contribution in [1.82, 2.24) is 9.88 Å². The van der Waals surface area contributed by atoms with E-state index in [1.54, 1.807) is 55.4 Å². The van der Waals surface area contributed by atoms with Crippen molar-refractivity contribution >= 4 is 34.8 Å². The van der Waals surface area contributed by atoms with Crippen LogP contribution in [-0.2, 0) is 10.3 Å². The van der Waals surface area contributed by atoms with E-state index < -0.39 is 16.4 Å². The molecule has 4 atom stereocenters. The van der Waals surface area contributed by atoms with Crippen LogP contribution >= 0.6 is 11.8 Å². The molecule has 10 heteroatoms. The van der Waals surface area contributed by atoms with E-state index in [0.717, 1.165) is 11.3 Å². The monoisotopic (exact) mass is 502 g/mol. The number of pyridine rings is 1. The van der Waals surface area contributed by atoms with Gasteiger partial charge in [0.1, 0.15) is 11.3 Å². The number of non-ortho nitro benzene ring substituents is 1. The van der Waals surface area contributed by atoms with E-state index >= 15 is 0 Å². The highest BCUT2D eigenvalue weighted by Crippen LogP contribution is 2.61. The Morgan fingerprint density at radius 1 is 1.25 bits per heavy atom. The lowest BCUT2D eigenvalue weighted by Crippen LogP contribution is -2.52. The first kappa shape index (κ1) is 22.7. The van der Waals surface area contributed by atoms with Gasteiger partial charge in [0.25, 0.3) is 5.69 Å². The topological polar surface area (TPSA) is 115 Å². The predicted octanol–water partition coefficient (Wildman–Crippen LogP) is 3.82. The number of thioether (sulfide) groups is 1. The molecule has 2 aromatic carbocycles. The Morgan fingerprint density at radius 2 is 2.06 bits per heavy atom. The normalized spacial score (nSPS) is 26.5. The lowest BCUT2D eigenvalue weighted by molar-refractivity contribution is -0.384. The molecule has 3 aromatic rings. The van der Waals surface area contributed by atoms with Gasteiger partial charge >= 0.3 is 0 Å². The number of carbonyl (C=O) groups excluding carboxylic acids is 2. The number of hydrogen-bond donors (Lipinski definition) is 1. The molecular weight excluding hydrogens is 480 g/mol. The van der Waals surface area contributed by atoms with Crippen LogP contribution in [0.1, 0.15) is 27.4 Å². The van der Waals surface area contributed by atoms with Crippen LogP contribution in [0, 0.1) is 16.0 Å². The number of nitrogens with zero attached hydrogens (tertiary/aromatic N) is 3. The summed E-state index contributed by atoms with van der Waals surface area (Å²) in [6.07, 6.45) is 3.13. The summed E-state index contributed by atoms with van der Waals surface area (Å²) in [6, 6.07) is 15.1. The Bertz CT molecular complexity index is 1380. The van der Waals surface area contributed by atoms with Crippen molar-refractivity contribution in [2.45, 2.75) is 17.5 Å². The zero-order valence-electron chi connectivity index (χ0n) is 19.3. The van der Waals surface area contributed by atoms with Crippen molar-refractivity contribution in [1.29, 1.82) is 0 Å². The molecule has 1 spiro atoms. The smallest absolute Gasteiger partial charge is 0.269 e. The van der Waals surface area contributed by atoms with E-state index in [-0.39, 0.29) is 29.3 Å². The van der Waals surface area contributed by atoms with Crippen LogP contribution in [0.4, 0.5) is 11.4 Å². The lowest BCUT2D eigenvalue weighted by atomic mass is 9.69. The standard InChI is InChI=1S/C26H22N4O5S/c1-35-18-8-9-20-19(11-18)26(25(32)28-20)23(24(31)16-3-2-10-27-12-16)22(21-13-36-14-29(21)26)15-4-6-17(7-5-15)30(33)34/h2-12,21-23H,13-14H2,1H3,(H,28,32)/t21-,22-,23+,26+/m0/s1. The van der Waals surface area contributed by atoms with Gasteiger partial charge in [-0.1, -0.05) is 12.1 Å². The maximum atomic E-state index is 14.3. The maximum absolute atomic E-state index is 14.3. The van der Waals surface area contributed by atoms with Gasteiger partial charge < -0.3 is 10.1 Å². The Kier molecular flexibility index (Phi) is 5.31. The van der Waals surface area contributed by atoms with Gasteiger partial charge in [-0.2, -0.15) is 0 Å². The molecule has 1 amide bonds. The minimum Gasteiger partial charge on any atom is -0.497 e. The molecule has 0 saturated carbocycles. The van der Waals surface area contributed by atoms with Crippen molar-refractivity contribution in [2.75, 3.05) is 24.1 Å². The number of nitro benzene ring substituents is 1. The Balaban J connectivity index is 1.60.